The van der Waals surface area contributed by atoms with Crippen molar-refractivity contribution in [2.45, 2.75) is 45.2 Å². The van der Waals surface area contributed by atoms with Gasteiger partial charge in [0.25, 0.3) is 0 Å². The maximum absolute atomic E-state index is 4.08. The van der Waals surface area contributed by atoms with Crippen molar-refractivity contribution in [2.75, 3.05) is 0 Å². The molecular formula is C17H23N3. The molecule has 2 aromatic rings. The Hall–Kier alpha value is -1.61. The van der Waals surface area contributed by atoms with Crippen LogP contribution < -0.4 is 5.32 Å². The van der Waals surface area contributed by atoms with Gasteiger partial charge >= 0.3 is 0 Å². The number of hydrogen-bond acceptors (Lipinski definition) is 2. The summed E-state index contributed by atoms with van der Waals surface area (Å²) in [6.07, 6.45) is 9.79. The van der Waals surface area contributed by atoms with Crippen LogP contribution in [0, 0.1) is 5.92 Å². The molecule has 1 fully saturated rings. The number of rotatable bonds is 5. The topological polar surface area (TPSA) is 29.9 Å². The fourth-order valence-corrected chi connectivity index (χ4v) is 2.91. The van der Waals surface area contributed by atoms with Crippen molar-refractivity contribution in [3.05, 3.63) is 48.5 Å². The third kappa shape index (κ3) is 2.78. The molecule has 0 spiro atoms. The third-order valence-corrected chi connectivity index (χ3v) is 4.57. The third-order valence-electron chi connectivity index (χ3n) is 4.57. The number of imidazole rings is 1. The summed E-state index contributed by atoms with van der Waals surface area (Å²) in [5.41, 5.74) is 2.51. The summed E-state index contributed by atoms with van der Waals surface area (Å²) >= 11 is 0. The zero-order valence-corrected chi connectivity index (χ0v) is 12.3. The van der Waals surface area contributed by atoms with Crippen molar-refractivity contribution in [3.8, 4) is 5.69 Å². The van der Waals surface area contributed by atoms with Gasteiger partial charge in [-0.2, -0.15) is 0 Å². The predicted octanol–water partition coefficient (Wildman–Crippen LogP) is 3.71. The van der Waals surface area contributed by atoms with E-state index in [0.717, 1.165) is 11.6 Å². The molecule has 1 saturated carbocycles. The lowest BCUT2D eigenvalue weighted by Gasteiger charge is -2.34. The lowest BCUT2D eigenvalue weighted by molar-refractivity contribution is 0.230. The molecule has 20 heavy (non-hydrogen) atoms. The first kappa shape index (κ1) is 13.4. The van der Waals surface area contributed by atoms with Gasteiger partial charge in [-0.3, -0.25) is 0 Å². The maximum Gasteiger partial charge on any atom is 0.0991 e. The van der Waals surface area contributed by atoms with Crippen molar-refractivity contribution in [3.63, 3.8) is 0 Å². The van der Waals surface area contributed by atoms with E-state index in [9.17, 15) is 0 Å². The minimum Gasteiger partial charge on any atom is -0.307 e. The van der Waals surface area contributed by atoms with E-state index in [1.807, 2.05) is 17.1 Å². The van der Waals surface area contributed by atoms with Crippen LogP contribution in [0.2, 0.25) is 0 Å². The molecule has 106 valence electrons. The first-order valence-corrected chi connectivity index (χ1v) is 7.58. The molecule has 1 aliphatic rings. The molecule has 3 heteroatoms. The molecule has 1 aliphatic carbocycles. The van der Waals surface area contributed by atoms with E-state index in [1.54, 1.807) is 6.20 Å². The van der Waals surface area contributed by atoms with Gasteiger partial charge in [-0.25, -0.2) is 4.98 Å². The second-order valence-electron chi connectivity index (χ2n) is 5.93. The van der Waals surface area contributed by atoms with E-state index >= 15 is 0 Å². The molecule has 2 unspecified atom stereocenters. The van der Waals surface area contributed by atoms with Gasteiger partial charge in [0.15, 0.2) is 0 Å². The summed E-state index contributed by atoms with van der Waals surface area (Å²) in [6.45, 7) is 4.57. The van der Waals surface area contributed by atoms with E-state index in [-0.39, 0.29) is 0 Å². The first-order chi connectivity index (χ1) is 9.74. The van der Waals surface area contributed by atoms with Gasteiger partial charge in [0.2, 0.25) is 0 Å². The molecule has 0 bridgehead atoms. The Morgan fingerprint density at radius 2 is 1.95 bits per heavy atom. The molecule has 1 heterocycles. The van der Waals surface area contributed by atoms with Crippen LogP contribution in [0.3, 0.4) is 0 Å². The summed E-state index contributed by atoms with van der Waals surface area (Å²) < 4.78 is 2.03. The molecule has 2 atom stereocenters. The average Bonchev–Trinajstić information content (AvgIpc) is 2.90. The van der Waals surface area contributed by atoms with Crippen LogP contribution in [0.25, 0.3) is 5.69 Å². The highest BCUT2D eigenvalue weighted by atomic mass is 15.0. The molecule has 3 rings (SSSR count). The van der Waals surface area contributed by atoms with Crippen LogP contribution in [0.1, 0.15) is 44.7 Å². The Morgan fingerprint density at radius 3 is 2.50 bits per heavy atom. The highest BCUT2D eigenvalue weighted by molar-refractivity contribution is 5.35. The molecule has 1 aromatic carbocycles. The van der Waals surface area contributed by atoms with Crippen LogP contribution in [-0.4, -0.2) is 15.6 Å². The Kier molecular flexibility index (Phi) is 3.88. The maximum atomic E-state index is 4.08. The van der Waals surface area contributed by atoms with Gasteiger partial charge in [-0.15, -0.1) is 0 Å². The highest BCUT2D eigenvalue weighted by Gasteiger charge is 2.24. The highest BCUT2D eigenvalue weighted by Crippen LogP contribution is 2.30. The molecule has 0 amide bonds. The van der Waals surface area contributed by atoms with E-state index in [2.05, 4.69) is 48.4 Å². The fraction of sp³-hybridized carbons (Fsp3) is 0.471. The number of benzene rings is 1. The van der Waals surface area contributed by atoms with Crippen molar-refractivity contribution in [1.82, 2.24) is 14.9 Å². The molecule has 0 aliphatic heterocycles. The van der Waals surface area contributed by atoms with Crippen molar-refractivity contribution >= 4 is 0 Å². The summed E-state index contributed by atoms with van der Waals surface area (Å²) in [5, 5.41) is 3.73. The van der Waals surface area contributed by atoms with Gasteiger partial charge in [0.05, 0.1) is 6.33 Å². The quantitative estimate of drug-likeness (QED) is 0.896. The number of aromatic nitrogens is 2. The van der Waals surface area contributed by atoms with Crippen LogP contribution >= 0.6 is 0 Å². The van der Waals surface area contributed by atoms with E-state index in [4.69, 9.17) is 0 Å². The Morgan fingerprint density at radius 1 is 1.20 bits per heavy atom. The van der Waals surface area contributed by atoms with Gasteiger partial charge in [0.1, 0.15) is 0 Å². The smallest absolute Gasteiger partial charge is 0.0991 e. The average molecular weight is 269 g/mol. The first-order valence-electron chi connectivity index (χ1n) is 7.58. The largest absolute Gasteiger partial charge is 0.307 e. The zero-order chi connectivity index (χ0) is 13.9. The van der Waals surface area contributed by atoms with Gasteiger partial charge in [-0.05, 0) is 50.3 Å². The summed E-state index contributed by atoms with van der Waals surface area (Å²) in [6, 6.07) is 9.75. The Labute approximate surface area is 121 Å². The molecular weight excluding hydrogens is 246 g/mol. The lowest BCUT2D eigenvalue weighted by Crippen LogP contribution is -2.38. The Balaban J connectivity index is 1.64. The minimum atomic E-state index is 0.405. The SMILES string of the molecule is CC(NC(C)C1CCC1)c1ccc(-n2ccnc2)cc1. The van der Waals surface area contributed by atoms with Crippen LogP contribution in [-0.2, 0) is 0 Å². The molecule has 1 aromatic heterocycles. The van der Waals surface area contributed by atoms with Crippen LogP contribution in [0.4, 0.5) is 0 Å². The summed E-state index contributed by atoms with van der Waals surface area (Å²) in [7, 11) is 0. The zero-order valence-electron chi connectivity index (χ0n) is 12.3. The van der Waals surface area contributed by atoms with E-state index < -0.39 is 0 Å². The second kappa shape index (κ2) is 5.80. The van der Waals surface area contributed by atoms with Gasteiger partial charge in [-0.1, -0.05) is 18.6 Å². The second-order valence-corrected chi connectivity index (χ2v) is 5.93. The summed E-state index contributed by atoms with van der Waals surface area (Å²) in [5.74, 6) is 0.877. The lowest BCUT2D eigenvalue weighted by atomic mass is 9.80. The number of hydrogen-bond donors (Lipinski definition) is 1. The Bertz CT molecular complexity index is 526. The van der Waals surface area contributed by atoms with E-state index in [1.165, 1.54) is 24.8 Å². The van der Waals surface area contributed by atoms with Crippen LogP contribution in [0.5, 0.6) is 0 Å². The van der Waals surface area contributed by atoms with Crippen LogP contribution in [0.15, 0.2) is 43.0 Å². The van der Waals surface area contributed by atoms with Crippen molar-refractivity contribution in [1.29, 1.82) is 0 Å². The monoisotopic (exact) mass is 269 g/mol. The predicted molar refractivity (Wildman–Crippen MR) is 81.9 cm³/mol. The minimum absolute atomic E-state index is 0.405. The molecule has 0 radical (unpaired) electrons. The molecule has 3 nitrogen and oxygen atoms in total. The molecule has 1 N–H and O–H groups in total. The number of nitrogens with one attached hydrogen (secondary N) is 1. The fourth-order valence-electron chi connectivity index (χ4n) is 2.91. The van der Waals surface area contributed by atoms with Crippen molar-refractivity contribution < 1.29 is 0 Å². The summed E-state index contributed by atoms with van der Waals surface area (Å²) in [4.78, 5) is 4.08. The molecule has 0 saturated heterocycles. The van der Waals surface area contributed by atoms with Gasteiger partial charge < -0.3 is 9.88 Å². The normalized spacial score (nSPS) is 18.5. The standard InChI is InChI=1S/C17H23N3/c1-13(15-4-3-5-15)19-14(2)16-6-8-17(9-7-16)20-11-10-18-12-20/h6-15,19H,3-5H2,1-2H3. The van der Waals surface area contributed by atoms with E-state index in [0.29, 0.717) is 12.1 Å². The van der Waals surface area contributed by atoms with Gasteiger partial charge in [0, 0.05) is 30.2 Å². The number of nitrogens with zero attached hydrogens (tertiary/aromatic N) is 2. The van der Waals surface area contributed by atoms with Crippen molar-refractivity contribution in [2.24, 2.45) is 5.92 Å².